The molecule has 0 heterocycles. The van der Waals surface area contributed by atoms with Crippen molar-refractivity contribution >= 4 is 6.03 Å². The summed E-state index contributed by atoms with van der Waals surface area (Å²) in [5, 5.41) is 15.5. The van der Waals surface area contributed by atoms with Crippen LogP contribution in [0.25, 0.3) is 0 Å². The zero-order valence-electron chi connectivity index (χ0n) is 13.4. The fourth-order valence-corrected chi connectivity index (χ4v) is 2.43. The van der Waals surface area contributed by atoms with Crippen molar-refractivity contribution in [1.29, 1.82) is 0 Å². The summed E-state index contributed by atoms with van der Waals surface area (Å²) >= 11 is 0. The maximum atomic E-state index is 11.8. The molecule has 0 aliphatic heterocycles. The van der Waals surface area contributed by atoms with Crippen LogP contribution in [0.1, 0.15) is 38.2 Å². The number of carbonyl (C=O) groups is 1. The van der Waals surface area contributed by atoms with Crippen molar-refractivity contribution in [3.63, 3.8) is 0 Å². The third-order valence-corrected chi connectivity index (χ3v) is 4.10. The number of aliphatic hydroxyl groups is 1. The van der Waals surface area contributed by atoms with E-state index in [1.165, 1.54) is 0 Å². The first kappa shape index (κ1) is 16.6. The second-order valence-corrected chi connectivity index (χ2v) is 6.11. The maximum Gasteiger partial charge on any atom is 0.315 e. The third kappa shape index (κ3) is 4.91. The van der Waals surface area contributed by atoms with Crippen LogP contribution in [-0.4, -0.2) is 35.9 Å². The summed E-state index contributed by atoms with van der Waals surface area (Å²) in [7, 11) is 0. The van der Waals surface area contributed by atoms with Crippen molar-refractivity contribution in [2.24, 2.45) is 0 Å². The van der Waals surface area contributed by atoms with Gasteiger partial charge in [0.15, 0.2) is 0 Å². The van der Waals surface area contributed by atoms with Gasteiger partial charge in [0.1, 0.15) is 11.9 Å². The summed E-state index contributed by atoms with van der Waals surface area (Å²) in [4.78, 5) is 11.8. The van der Waals surface area contributed by atoms with E-state index in [1.54, 1.807) is 0 Å². The van der Waals surface area contributed by atoms with Crippen LogP contribution in [0, 0.1) is 6.92 Å². The van der Waals surface area contributed by atoms with Gasteiger partial charge in [-0.25, -0.2) is 4.79 Å². The largest absolute Gasteiger partial charge is 0.489 e. The molecule has 1 aromatic carbocycles. The summed E-state index contributed by atoms with van der Waals surface area (Å²) in [6, 6.07) is 7.62. The number of aryl methyl sites for hydroxylation is 1. The Kier molecular flexibility index (Phi) is 5.66. The van der Waals surface area contributed by atoms with Gasteiger partial charge in [-0.15, -0.1) is 0 Å². The predicted molar refractivity (Wildman–Crippen MR) is 86.1 cm³/mol. The van der Waals surface area contributed by atoms with Crippen molar-refractivity contribution in [2.75, 3.05) is 13.1 Å². The fourth-order valence-electron chi connectivity index (χ4n) is 2.43. The number of hydrogen-bond donors (Lipinski definition) is 3. The lowest BCUT2D eigenvalue weighted by Crippen LogP contribution is -2.51. The topological polar surface area (TPSA) is 70.6 Å². The number of carbonyl (C=O) groups excluding carboxylic acids is 1. The molecule has 1 aliphatic rings. The van der Waals surface area contributed by atoms with Gasteiger partial charge in [0, 0.05) is 6.54 Å². The highest BCUT2D eigenvalue weighted by molar-refractivity contribution is 5.73. The number of benzene rings is 1. The molecule has 1 aliphatic carbocycles. The molecule has 3 N–H and O–H groups in total. The SMILES string of the molecule is CCC(CNC(=O)NCC1(O)CCC1)Oc1cccc(C)c1. The molecule has 22 heavy (non-hydrogen) atoms. The summed E-state index contributed by atoms with van der Waals surface area (Å²) < 4.78 is 5.88. The number of urea groups is 1. The molecule has 0 saturated heterocycles. The summed E-state index contributed by atoms with van der Waals surface area (Å²) in [5.74, 6) is 0.817. The first-order valence-corrected chi connectivity index (χ1v) is 7.98. The smallest absolute Gasteiger partial charge is 0.315 e. The molecule has 122 valence electrons. The molecule has 1 unspecified atom stereocenters. The Morgan fingerprint density at radius 1 is 1.41 bits per heavy atom. The van der Waals surface area contributed by atoms with Gasteiger partial charge in [-0.2, -0.15) is 0 Å². The molecule has 5 heteroatoms. The lowest BCUT2D eigenvalue weighted by molar-refractivity contribution is -0.0290. The maximum absolute atomic E-state index is 11.8. The van der Waals surface area contributed by atoms with Crippen molar-refractivity contribution in [1.82, 2.24) is 10.6 Å². The molecule has 1 atom stereocenters. The molecule has 0 bridgehead atoms. The minimum Gasteiger partial charge on any atom is -0.489 e. The van der Waals surface area contributed by atoms with Crippen LogP contribution < -0.4 is 15.4 Å². The zero-order valence-corrected chi connectivity index (χ0v) is 13.4. The highest BCUT2D eigenvalue weighted by Gasteiger charge is 2.34. The van der Waals surface area contributed by atoms with Crippen molar-refractivity contribution in [2.45, 2.75) is 51.2 Å². The van der Waals surface area contributed by atoms with E-state index < -0.39 is 5.60 Å². The Bertz CT molecular complexity index is 500. The van der Waals surface area contributed by atoms with Crippen LogP contribution in [0.5, 0.6) is 5.75 Å². The van der Waals surface area contributed by atoms with Crippen molar-refractivity contribution < 1.29 is 14.6 Å². The van der Waals surface area contributed by atoms with E-state index in [0.29, 0.717) is 13.1 Å². The quantitative estimate of drug-likeness (QED) is 0.724. The van der Waals surface area contributed by atoms with Crippen LogP contribution in [0.4, 0.5) is 4.79 Å². The van der Waals surface area contributed by atoms with Crippen LogP contribution in [0.3, 0.4) is 0 Å². The number of hydrogen-bond acceptors (Lipinski definition) is 3. The van der Waals surface area contributed by atoms with Gasteiger partial charge >= 0.3 is 6.03 Å². The molecule has 0 radical (unpaired) electrons. The van der Waals surface area contributed by atoms with Crippen LogP contribution in [0.15, 0.2) is 24.3 Å². The van der Waals surface area contributed by atoms with E-state index in [9.17, 15) is 9.90 Å². The Morgan fingerprint density at radius 3 is 2.77 bits per heavy atom. The Hall–Kier alpha value is -1.75. The zero-order chi connectivity index (χ0) is 16.0. The summed E-state index contributed by atoms with van der Waals surface area (Å²) in [6.07, 6.45) is 3.29. The highest BCUT2D eigenvalue weighted by atomic mass is 16.5. The van der Waals surface area contributed by atoms with E-state index >= 15 is 0 Å². The Balaban J connectivity index is 1.72. The van der Waals surface area contributed by atoms with Crippen LogP contribution >= 0.6 is 0 Å². The third-order valence-electron chi connectivity index (χ3n) is 4.10. The minimum atomic E-state index is -0.695. The summed E-state index contributed by atoms with van der Waals surface area (Å²) in [6.45, 7) is 4.80. The minimum absolute atomic E-state index is 0.0701. The number of nitrogens with one attached hydrogen (secondary N) is 2. The Labute approximate surface area is 132 Å². The van der Waals surface area contributed by atoms with E-state index in [4.69, 9.17) is 4.74 Å². The second kappa shape index (κ2) is 7.49. The van der Waals surface area contributed by atoms with Crippen molar-refractivity contribution in [3.8, 4) is 5.75 Å². The van der Waals surface area contributed by atoms with Crippen LogP contribution in [-0.2, 0) is 0 Å². The van der Waals surface area contributed by atoms with E-state index in [1.807, 2.05) is 38.1 Å². The highest BCUT2D eigenvalue weighted by Crippen LogP contribution is 2.30. The van der Waals surface area contributed by atoms with Gasteiger partial charge in [0.2, 0.25) is 0 Å². The van der Waals surface area contributed by atoms with Gasteiger partial charge in [0.25, 0.3) is 0 Å². The molecule has 5 nitrogen and oxygen atoms in total. The lowest BCUT2D eigenvalue weighted by Gasteiger charge is -2.36. The molecule has 1 saturated carbocycles. The van der Waals surface area contributed by atoms with E-state index in [0.717, 1.165) is 37.0 Å². The van der Waals surface area contributed by atoms with Crippen LogP contribution in [0.2, 0.25) is 0 Å². The molecule has 2 amide bonds. The predicted octanol–water partition coefficient (Wildman–Crippen LogP) is 2.37. The average Bonchev–Trinajstić information content (AvgIpc) is 2.47. The normalized spacial score (nSPS) is 17.2. The van der Waals surface area contributed by atoms with Gasteiger partial charge in [-0.1, -0.05) is 19.1 Å². The molecular formula is C17H26N2O3. The van der Waals surface area contributed by atoms with Gasteiger partial charge < -0.3 is 20.5 Å². The fraction of sp³-hybridized carbons (Fsp3) is 0.588. The first-order valence-electron chi connectivity index (χ1n) is 7.98. The average molecular weight is 306 g/mol. The second-order valence-electron chi connectivity index (χ2n) is 6.11. The van der Waals surface area contributed by atoms with Gasteiger partial charge in [-0.05, 0) is 50.3 Å². The Morgan fingerprint density at radius 2 is 2.18 bits per heavy atom. The number of ether oxygens (including phenoxy) is 1. The molecule has 1 fully saturated rings. The van der Waals surface area contributed by atoms with E-state index in [-0.39, 0.29) is 12.1 Å². The molecule has 2 rings (SSSR count). The molecule has 0 aromatic heterocycles. The standard InChI is InChI=1S/C17H26N2O3/c1-3-14(22-15-7-4-6-13(2)10-15)11-18-16(20)19-12-17(21)8-5-9-17/h4,6-7,10,14,21H,3,5,8-9,11-12H2,1-2H3,(H2,18,19,20). The molecule has 0 spiro atoms. The van der Waals surface area contributed by atoms with E-state index in [2.05, 4.69) is 10.6 Å². The lowest BCUT2D eigenvalue weighted by atomic mass is 9.80. The number of rotatable bonds is 7. The molecule has 1 aromatic rings. The number of amides is 2. The summed E-state index contributed by atoms with van der Waals surface area (Å²) in [5.41, 5.74) is 0.450. The first-order chi connectivity index (χ1) is 10.5. The molecular weight excluding hydrogens is 280 g/mol. The van der Waals surface area contributed by atoms with Gasteiger partial charge in [0.05, 0.1) is 12.1 Å². The van der Waals surface area contributed by atoms with Gasteiger partial charge in [-0.3, -0.25) is 0 Å². The van der Waals surface area contributed by atoms with Crippen molar-refractivity contribution in [3.05, 3.63) is 29.8 Å². The monoisotopic (exact) mass is 306 g/mol.